The van der Waals surface area contributed by atoms with E-state index in [1.54, 1.807) is 0 Å². The van der Waals surface area contributed by atoms with E-state index in [2.05, 4.69) is 5.32 Å². The summed E-state index contributed by atoms with van der Waals surface area (Å²) in [6, 6.07) is -0.178. The Labute approximate surface area is 108 Å². The number of carbonyl (C=O) groups is 1. The van der Waals surface area contributed by atoms with Crippen LogP contribution in [-0.4, -0.2) is 61.9 Å². The number of rotatable bonds is 1. The van der Waals surface area contributed by atoms with Crippen LogP contribution in [0.3, 0.4) is 0 Å². The first-order chi connectivity index (χ1) is 7.58. The van der Waals surface area contributed by atoms with Crippen LogP contribution in [0.15, 0.2) is 0 Å². The molecule has 1 N–H and O–H groups in total. The van der Waals surface area contributed by atoms with Gasteiger partial charge in [-0.2, -0.15) is 0 Å². The predicted octanol–water partition coefficient (Wildman–Crippen LogP) is 0.0340. The number of carbonyl (C=O) groups excluding carboxylic acids is 1. The van der Waals surface area contributed by atoms with Crippen LogP contribution in [0.5, 0.6) is 0 Å². The number of nitrogens with one attached hydrogen (secondary N) is 1. The molecule has 2 saturated heterocycles. The van der Waals surface area contributed by atoms with Gasteiger partial charge in [-0.25, -0.2) is 0 Å². The Morgan fingerprint density at radius 2 is 2.18 bits per heavy atom. The molecule has 100 valence electrons. The van der Waals surface area contributed by atoms with Gasteiger partial charge in [0.05, 0.1) is 25.4 Å². The highest BCUT2D eigenvalue weighted by Crippen LogP contribution is 2.17. The average Bonchev–Trinajstić information content (AvgIpc) is 2.28. The highest BCUT2D eigenvalue weighted by molar-refractivity contribution is 5.85. The number of halogens is 1. The van der Waals surface area contributed by atoms with Gasteiger partial charge in [-0.15, -0.1) is 12.4 Å². The molecule has 2 aliphatic heterocycles. The molecule has 2 rings (SSSR count). The molecule has 2 fully saturated rings. The molecule has 0 aromatic carbocycles. The number of hydrogen-bond acceptors (Lipinski definition) is 4. The zero-order valence-corrected chi connectivity index (χ0v) is 11.2. The number of ether oxygens (including phenoxy) is 2. The van der Waals surface area contributed by atoms with Crippen molar-refractivity contribution in [3.63, 3.8) is 0 Å². The maximum Gasteiger partial charge on any atom is 0.242 e. The van der Waals surface area contributed by atoms with E-state index in [1.807, 2.05) is 18.7 Å². The highest BCUT2D eigenvalue weighted by atomic mass is 35.5. The molecular weight excluding hydrogens is 244 g/mol. The molecule has 1 atom stereocenters. The first-order valence-electron chi connectivity index (χ1n) is 5.82. The van der Waals surface area contributed by atoms with Gasteiger partial charge in [0, 0.05) is 19.6 Å². The second-order valence-corrected chi connectivity index (χ2v) is 4.95. The minimum Gasteiger partial charge on any atom is -0.378 e. The Hall–Kier alpha value is -0.360. The van der Waals surface area contributed by atoms with Crippen LogP contribution in [0.25, 0.3) is 0 Å². The summed E-state index contributed by atoms with van der Waals surface area (Å²) in [6.45, 7) is 7.91. The summed E-state index contributed by atoms with van der Waals surface area (Å²) in [5.41, 5.74) is -0.233. The summed E-state index contributed by atoms with van der Waals surface area (Å²) < 4.78 is 10.9. The molecule has 0 radical (unpaired) electrons. The first-order valence-corrected chi connectivity index (χ1v) is 5.82. The van der Waals surface area contributed by atoms with Crippen LogP contribution >= 0.6 is 12.4 Å². The number of nitrogens with zero attached hydrogens (tertiary/aromatic N) is 1. The van der Waals surface area contributed by atoms with Crippen molar-refractivity contribution in [2.24, 2.45) is 0 Å². The number of hydrogen-bond donors (Lipinski definition) is 1. The van der Waals surface area contributed by atoms with Gasteiger partial charge < -0.3 is 19.7 Å². The van der Waals surface area contributed by atoms with E-state index in [1.165, 1.54) is 0 Å². The molecule has 1 amide bonds. The lowest BCUT2D eigenvalue weighted by Crippen LogP contribution is -2.58. The molecule has 5 nitrogen and oxygen atoms in total. The Balaban J connectivity index is 0.00000144. The second-order valence-electron chi connectivity index (χ2n) is 4.95. The SMILES string of the molecule is CC1(C)CN(C(=O)C2COCCN2)CCO1.Cl. The van der Waals surface area contributed by atoms with Crippen LogP contribution in [0, 0.1) is 0 Å². The predicted molar refractivity (Wildman–Crippen MR) is 66.5 cm³/mol. The van der Waals surface area contributed by atoms with E-state index in [9.17, 15) is 4.79 Å². The van der Waals surface area contributed by atoms with Gasteiger partial charge in [0.25, 0.3) is 0 Å². The number of amides is 1. The first kappa shape index (κ1) is 14.7. The summed E-state index contributed by atoms with van der Waals surface area (Å²) in [7, 11) is 0. The summed E-state index contributed by atoms with van der Waals surface area (Å²) in [4.78, 5) is 14.0. The van der Waals surface area contributed by atoms with Crippen LogP contribution in [0.4, 0.5) is 0 Å². The van der Waals surface area contributed by atoms with Crippen molar-refractivity contribution in [3.05, 3.63) is 0 Å². The lowest BCUT2D eigenvalue weighted by Gasteiger charge is -2.40. The minimum absolute atomic E-state index is 0. The summed E-state index contributed by atoms with van der Waals surface area (Å²) >= 11 is 0. The van der Waals surface area contributed by atoms with Crippen molar-refractivity contribution < 1.29 is 14.3 Å². The van der Waals surface area contributed by atoms with Crippen molar-refractivity contribution in [1.82, 2.24) is 10.2 Å². The molecule has 0 spiro atoms. The Kier molecular flexibility index (Phi) is 5.19. The van der Waals surface area contributed by atoms with Crippen LogP contribution in [-0.2, 0) is 14.3 Å². The average molecular weight is 265 g/mol. The summed E-state index contributed by atoms with van der Waals surface area (Å²) in [6.07, 6.45) is 0. The van der Waals surface area contributed by atoms with Crippen LogP contribution in [0.2, 0.25) is 0 Å². The van der Waals surface area contributed by atoms with Gasteiger partial charge >= 0.3 is 0 Å². The van der Waals surface area contributed by atoms with Gasteiger partial charge in [0.15, 0.2) is 0 Å². The van der Waals surface area contributed by atoms with Crippen molar-refractivity contribution in [2.75, 3.05) is 39.5 Å². The van der Waals surface area contributed by atoms with Gasteiger partial charge in [0.1, 0.15) is 6.04 Å². The minimum atomic E-state index is -0.233. The summed E-state index contributed by atoms with van der Waals surface area (Å²) in [5, 5.41) is 3.19. The molecule has 0 aromatic rings. The fourth-order valence-electron chi connectivity index (χ4n) is 2.15. The largest absolute Gasteiger partial charge is 0.378 e. The smallest absolute Gasteiger partial charge is 0.242 e. The second kappa shape index (κ2) is 6.00. The molecule has 0 saturated carbocycles. The van der Waals surface area contributed by atoms with Gasteiger partial charge in [0.2, 0.25) is 5.91 Å². The molecule has 0 aromatic heterocycles. The van der Waals surface area contributed by atoms with E-state index in [4.69, 9.17) is 9.47 Å². The Morgan fingerprint density at radius 3 is 2.76 bits per heavy atom. The van der Waals surface area contributed by atoms with Gasteiger partial charge in [-0.1, -0.05) is 0 Å². The molecular formula is C11H21ClN2O3. The summed E-state index contributed by atoms with van der Waals surface area (Å²) in [5.74, 6) is 0.135. The topological polar surface area (TPSA) is 50.8 Å². The molecule has 2 heterocycles. The monoisotopic (exact) mass is 264 g/mol. The maximum atomic E-state index is 12.2. The van der Waals surface area contributed by atoms with E-state index < -0.39 is 0 Å². The molecule has 1 unspecified atom stereocenters. The maximum absolute atomic E-state index is 12.2. The fourth-order valence-corrected chi connectivity index (χ4v) is 2.15. The van der Waals surface area contributed by atoms with Crippen molar-refractivity contribution >= 4 is 18.3 Å². The van der Waals surface area contributed by atoms with Gasteiger partial charge in [-0.3, -0.25) is 4.79 Å². The van der Waals surface area contributed by atoms with Crippen molar-refractivity contribution in [1.29, 1.82) is 0 Å². The van der Waals surface area contributed by atoms with E-state index in [-0.39, 0.29) is 30.0 Å². The molecule has 0 aliphatic carbocycles. The Bertz CT molecular complexity index is 267. The van der Waals surface area contributed by atoms with Crippen LogP contribution < -0.4 is 5.32 Å². The lowest BCUT2D eigenvalue weighted by atomic mass is 10.1. The standard InChI is InChI=1S/C11H20N2O3.ClH/c1-11(2)8-13(4-6-16-11)10(14)9-7-15-5-3-12-9;/h9,12H,3-8H2,1-2H3;1H. The third-order valence-electron chi connectivity index (χ3n) is 2.96. The zero-order valence-electron chi connectivity index (χ0n) is 10.4. The van der Waals surface area contributed by atoms with E-state index >= 15 is 0 Å². The molecule has 6 heteroatoms. The van der Waals surface area contributed by atoms with E-state index in [0.717, 1.165) is 6.54 Å². The fraction of sp³-hybridized carbons (Fsp3) is 0.909. The quantitative estimate of drug-likeness (QED) is 0.726. The number of morpholine rings is 2. The third-order valence-corrected chi connectivity index (χ3v) is 2.96. The van der Waals surface area contributed by atoms with E-state index in [0.29, 0.717) is 32.9 Å². The van der Waals surface area contributed by atoms with Crippen molar-refractivity contribution in [2.45, 2.75) is 25.5 Å². The molecule has 17 heavy (non-hydrogen) atoms. The third kappa shape index (κ3) is 3.81. The van der Waals surface area contributed by atoms with Crippen LogP contribution in [0.1, 0.15) is 13.8 Å². The van der Waals surface area contributed by atoms with Crippen molar-refractivity contribution in [3.8, 4) is 0 Å². The molecule has 2 aliphatic rings. The Morgan fingerprint density at radius 1 is 1.41 bits per heavy atom. The zero-order chi connectivity index (χ0) is 11.6. The highest BCUT2D eigenvalue weighted by Gasteiger charge is 2.33. The normalized spacial score (nSPS) is 28.4. The molecule has 0 bridgehead atoms. The van der Waals surface area contributed by atoms with Gasteiger partial charge in [-0.05, 0) is 13.8 Å². The lowest BCUT2D eigenvalue weighted by molar-refractivity contribution is -0.150.